The molecule has 0 saturated heterocycles. The van der Waals surface area contributed by atoms with E-state index in [1.807, 2.05) is 36.4 Å². The lowest BCUT2D eigenvalue weighted by Crippen LogP contribution is -2.02. The first-order valence-corrected chi connectivity index (χ1v) is 17.1. The minimum Gasteiger partial charge on any atom is -0.455 e. The van der Waals surface area contributed by atoms with E-state index in [0.717, 1.165) is 65.9 Å². The van der Waals surface area contributed by atoms with Gasteiger partial charge in [-0.2, -0.15) is 0 Å². The first-order chi connectivity index (χ1) is 25.3. The molecule has 0 bridgehead atoms. The number of nitrogens with zero attached hydrogens (tertiary/aromatic N) is 3. The van der Waals surface area contributed by atoms with Crippen molar-refractivity contribution in [3.63, 3.8) is 0 Å². The Hall–Kier alpha value is -6.91. The van der Waals surface area contributed by atoms with E-state index in [9.17, 15) is 0 Å². The predicted octanol–water partition coefficient (Wildman–Crippen LogP) is 12.4. The van der Waals surface area contributed by atoms with Gasteiger partial charge in [0.25, 0.3) is 0 Å². The second-order valence-electron chi connectivity index (χ2n) is 12.8. The Balaban J connectivity index is 1.22. The monoisotopic (exact) mass is 651 g/mol. The van der Waals surface area contributed by atoms with Gasteiger partial charge in [-0.15, -0.1) is 0 Å². The van der Waals surface area contributed by atoms with Crippen molar-refractivity contribution in [3.8, 4) is 56.4 Å². The Morgan fingerprint density at radius 3 is 1.69 bits per heavy atom. The zero-order chi connectivity index (χ0) is 33.7. The molecule has 0 unspecified atom stereocenters. The first kappa shape index (κ1) is 29.0. The summed E-state index contributed by atoms with van der Waals surface area (Å²) in [5.41, 5.74) is 8.79. The molecular weight excluding hydrogens is 623 g/mol. The van der Waals surface area contributed by atoms with Crippen LogP contribution < -0.4 is 0 Å². The van der Waals surface area contributed by atoms with Crippen LogP contribution in [0.1, 0.15) is 0 Å². The van der Waals surface area contributed by atoms with E-state index in [4.69, 9.17) is 19.4 Å². The van der Waals surface area contributed by atoms with Gasteiger partial charge in [0.05, 0.1) is 5.56 Å². The molecule has 51 heavy (non-hydrogen) atoms. The minimum atomic E-state index is 0.561. The van der Waals surface area contributed by atoms with Crippen molar-refractivity contribution in [2.24, 2.45) is 0 Å². The predicted molar refractivity (Wildman–Crippen MR) is 209 cm³/mol. The van der Waals surface area contributed by atoms with Gasteiger partial charge in [0.1, 0.15) is 11.2 Å². The highest BCUT2D eigenvalue weighted by Crippen LogP contribution is 2.39. The van der Waals surface area contributed by atoms with E-state index >= 15 is 0 Å². The Labute approximate surface area is 294 Å². The van der Waals surface area contributed by atoms with Gasteiger partial charge in [0, 0.05) is 27.3 Å². The summed E-state index contributed by atoms with van der Waals surface area (Å²) in [6.45, 7) is 0. The lowest BCUT2D eigenvalue weighted by atomic mass is 9.96. The van der Waals surface area contributed by atoms with E-state index < -0.39 is 0 Å². The number of rotatable bonds is 5. The van der Waals surface area contributed by atoms with Gasteiger partial charge >= 0.3 is 0 Å². The molecule has 0 aliphatic carbocycles. The van der Waals surface area contributed by atoms with Gasteiger partial charge in [-0.3, -0.25) is 0 Å². The lowest BCUT2D eigenvalue weighted by Gasteiger charge is -2.14. The highest BCUT2D eigenvalue weighted by Gasteiger charge is 2.20. The second kappa shape index (κ2) is 11.9. The van der Waals surface area contributed by atoms with Gasteiger partial charge < -0.3 is 4.42 Å². The van der Waals surface area contributed by atoms with Crippen LogP contribution in [0, 0.1) is 0 Å². The van der Waals surface area contributed by atoms with Crippen molar-refractivity contribution in [2.75, 3.05) is 0 Å². The maximum Gasteiger partial charge on any atom is 0.167 e. The van der Waals surface area contributed by atoms with Crippen molar-refractivity contribution in [3.05, 3.63) is 176 Å². The summed E-state index contributed by atoms with van der Waals surface area (Å²) >= 11 is 0. The zero-order valence-electron chi connectivity index (χ0n) is 27.5. The van der Waals surface area contributed by atoms with Crippen LogP contribution >= 0.6 is 0 Å². The molecule has 0 fully saturated rings. The SMILES string of the molecule is c1ccc(-c2ccc(-c3ccccc3-c3nc(-c4cccc5c4oc4ccccc45)nc(-c4cccc5ccc6ccccc6c45)n3)cc2)cc1. The van der Waals surface area contributed by atoms with Crippen LogP contribution in [-0.4, -0.2) is 15.0 Å². The Bertz CT molecular complexity index is 2910. The van der Waals surface area contributed by atoms with E-state index in [2.05, 4.69) is 140 Å². The fourth-order valence-corrected chi connectivity index (χ4v) is 7.31. The molecule has 0 aliphatic rings. The molecule has 10 aromatic rings. The largest absolute Gasteiger partial charge is 0.455 e. The normalized spacial score (nSPS) is 11.5. The third-order valence-electron chi connectivity index (χ3n) is 9.76. The van der Waals surface area contributed by atoms with E-state index in [0.29, 0.717) is 17.5 Å². The quantitative estimate of drug-likeness (QED) is 0.174. The highest BCUT2D eigenvalue weighted by molar-refractivity contribution is 6.14. The minimum absolute atomic E-state index is 0.561. The van der Waals surface area contributed by atoms with Crippen LogP contribution in [0.4, 0.5) is 0 Å². The molecule has 2 aromatic heterocycles. The molecule has 4 heteroatoms. The number of para-hydroxylation sites is 2. The molecule has 8 aromatic carbocycles. The number of hydrogen-bond acceptors (Lipinski definition) is 4. The van der Waals surface area contributed by atoms with E-state index in [1.54, 1.807) is 0 Å². The van der Waals surface area contributed by atoms with Crippen molar-refractivity contribution in [1.29, 1.82) is 0 Å². The Kier molecular flexibility index (Phi) is 6.78. The average Bonchev–Trinajstić information content (AvgIpc) is 3.60. The number of fused-ring (bicyclic) bond motifs is 6. The summed E-state index contributed by atoms with van der Waals surface area (Å²) in [6, 6.07) is 61.0. The number of benzene rings is 8. The third-order valence-corrected chi connectivity index (χ3v) is 9.76. The molecule has 0 atom stereocenters. The summed E-state index contributed by atoms with van der Waals surface area (Å²) in [5, 5.41) is 6.67. The number of aromatic nitrogens is 3. The number of furan rings is 1. The van der Waals surface area contributed by atoms with Crippen LogP contribution in [0.5, 0.6) is 0 Å². The standard InChI is InChI=1S/C47H29N3O/c1-2-12-30(13-3-1)31-24-26-33(27-25-31)35-16-6-7-19-39(35)45-48-46(40-21-10-15-34-29-28-32-14-4-5-17-36(32)43(34)40)50-47(49-45)41-22-11-20-38-37-18-8-9-23-42(37)51-44(38)41/h1-29H. The third kappa shape index (κ3) is 4.96. The molecule has 0 aliphatic heterocycles. The van der Waals surface area contributed by atoms with Crippen molar-refractivity contribution >= 4 is 43.5 Å². The van der Waals surface area contributed by atoms with Gasteiger partial charge in [0.15, 0.2) is 17.5 Å². The van der Waals surface area contributed by atoms with E-state index in [-0.39, 0.29) is 0 Å². The topological polar surface area (TPSA) is 51.8 Å². The van der Waals surface area contributed by atoms with Gasteiger partial charge in [-0.1, -0.05) is 164 Å². The molecular formula is C47H29N3O. The fourth-order valence-electron chi connectivity index (χ4n) is 7.31. The molecule has 238 valence electrons. The summed E-state index contributed by atoms with van der Waals surface area (Å²) in [7, 11) is 0. The number of hydrogen-bond donors (Lipinski definition) is 0. The van der Waals surface area contributed by atoms with Gasteiger partial charge in [-0.25, -0.2) is 15.0 Å². The summed E-state index contributed by atoms with van der Waals surface area (Å²) < 4.78 is 6.50. The lowest BCUT2D eigenvalue weighted by molar-refractivity contribution is 0.669. The van der Waals surface area contributed by atoms with Gasteiger partial charge in [0.2, 0.25) is 0 Å². The summed E-state index contributed by atoms with van der Waals surface area (Å²) in [5.74, 6) is 1.77. The molecule has 0 radical (unpaired) electrons. The molecule has 2 heterocycles. The fraction of sp³-hybridized carbons (Fsp3) is 0. The van der Waals surface area contributed by atoms with Crippen molar-refractivity contribution < 1.29 is 4.42 Å². The Morgan fingerprint density at radius 1 is 0.314 bits per heavy atom. The van der Waals surface area contributed by atoms with Crippen LogP contribution in [0.25, 0.3) is 99.9 Å². The maximum atomic E-state index is 6.50. The van der Waals surface area contributed by atoms with Crippen LogP contribution in [0.3, 0.4) is 0 Å². The molecule has 0 amide bonds. The highest BCUT2D eigenvalue weighted by atomic mass is 16.3. The molecule has 4 nitrogen and oxygen atoms in total. The molecule has 0 spiro atoms. The van der Waals surface area contributed by atoms with E-state index in [1.165, 1.54) is 16.5 Å². The average molecular weight is 652 g/mol. The molecule has 0 saturated carbocycles. The second-order valence-corrected chi connectivity index (χ2v) is 12.8. The van der Waals surface area contributed by atoms with Crippen molar-refractivity contribution in [2.45, 2.75) is 0 Å². The summed E-state index contributed by atoms with van der Waals surface area (Å²) in [4.78, 5) is 15.8. The van der Waals surface area contributed by atoms with Crippen LogP contribution in [0.2, 0.25) is 0 Å². The summed E-state index contributed by atoms with van der Waals surface area (Å²) in [6.07, 6.45) is 0. The van der Waals surface area contributed by atoms with Crippen LogP contribution in [0.15, 0.2) is 180 Å². The van der Waals surface area contributed by atoms with Crippen LogP contribution in [-0.2, 0) is 0 Å². The van der Waals surface area contributed by atoms with Gasteiger partial charge in [-0.05, 0) is 50.5 Å². The molecule has 0 N–H and O–H groups in total. The smallest absolute Gasteiger partial charge is 0.167 e. The maximum absolute atomic E-state index is 6.50. The Morgan fingerprint density at radius 2 is 0.843 bits per heavy atom. The van der Waals surface area contributed by atoms with Crippen molar-refractivity contribution in [1.82, 2.24) is 15.0 Å². The first-order valence-electron chi connectivity index (χ1n) is 17.1. The zero-order valence-corrected chi connectivity index (χ0v) is 27.5. The molecule has 10 rings (SSSR count).